The SMILES string of the molecule is CCOC[C@H]1CCN(c2cccc3c2C[C@H](CN(C)[C@H]2CCCc4cccnc42)NC3)C1. The lowest BCUT2D eigenvalue weighted by atomic mass is 9.89. The van der Waals surface area contributed by atoms with Crippen LogP contribution in [0.4, 0.5) is 5.69 Å². The molecule has 3 heterocycles. The van der Waals surface area contributed by atoms with Crippen molar-refractivity contribution in [2.24, 2.45) is 5.92 Å². The zero-order chi connectivity index (χ0) is 21.9. The minimum atomic E-state index is 0.441. The van der Waals surface area contributed by atoms with E-state index in [9.17, 15) is 0 Å². The maximum atomic E-state index is 5.71. The number of nitrogens with one attached hydrogen (secondary N) is 1. The topological polar surface area (TPSA) is 40.6 Å². The molecule has 1 saturated heterocycles. The second-order valence-electron chi connectivity index (χ2n) is 9.85. The fraction of sp³-hybridized carbons (Fsp3) is 0.593. The van der Waals surface area contributed by atoms with Crippen LogP contribution in [-0.2, 0) is 24.1 Å². The lowest BCUT2D eigenvalue weighted by Crippen LogP contribution is -2.45. The molecule has 0 amide bonds. The van der Waals surface area contributed by atoms with Crippen molar-refractivity contribution in [1.29, 1.82) is 0 Å². The molecular weight excluding hydrogens is 396 g/mol. The van der Waals surface area contributed by atoms with Crippen LogP contribution in [0.25, 0.3) is 0 Å². The summed E-state index contributed by atoms with van der Waals surface area (Å²) < 4.78 is 5.71. The van der Waals surface area contributed by atoms with Crippen molar-refractivity contribution in [2.45, 2.75) is 57.7 Å². The number of fused-ring (bicyclic) bond motifs is 2. The van der Waals surface area contributed by atoms with Crippen LogP contribution in [-0.4, -0.2) is 55.8 Å². The maximum absolute atomic E-state index is 5.71. The molecule has 0 bridgehead atoms. The van der Waals surface area contributed by atoms with E-state index in [1.165, 1.54) is 48.2 Å². The van der Waals surface area contributed by atoms with E-state index >= 15 is 0 Å². The van der Waals surface area contributed by atoms with Crippen LogP contribution >= 0.6 is 0 Å². The Morgan fingerprint density at radius 1 is 1.19 bits per heavy atom. The number of likely N-dealkylation sites (N-methyl/N-ethyl adjacent to an activating group) is 1. The number of anilines is 1. The number of aryl methyl sites for hydroxylation is 1. The quantitative estimate of drug-likeness (QED) is 0.714. The summed E-state index contributed by atoms with van der Waals surface area (Å²) in [5, 5.41) is 3.82. The third kappa shape index (κ3) is 4.57. The van der Waals surface area contributed by atoms with Gasteiger partial charge in [-0.15, -0.1) is 0 Å². The normalized spacial score (nSPS) is 25.1. The maximum Gasteiger partial charge on any atom is 0.0607 e. The van der Waals surface area contributed by atoms with Crippen LogP contribution < -0.4 is 10.2 Å². The van der Waals surface area contributed by atoms with Gasteiger partial charge in [0, 0.05) is 56.6 Å². The first-order valence-electron chi connectivity index (χ1n) is 12.5. The Kier molecular flexibility index (Phi) is 6.77. The molecule has 5 rings (SSSR count). The van der Waals surface area contributed by atoms with E-state index < -0.39 is 0 Å². The summed E-state index contributed by atoms with van der Waals surface area (Å²) in [5.41, 5.74) is 7.23. The van der Waals surface area contributed by atoms with Gasteiger partial charge in [-0.3, -0.25) is 9.88 Å². The summed E-state index contributed by atoms with van der Waals surface area (Å²) in [6.45, 7) is 8.11. The number of hydrogen-bond donors (Lipinski definition) is 1. The Morgan fingerprint density at radius 2 is 2.09 bits per heavy atom. The standard InChI is InChI=1S/C27H38N4O/c1-3-32-19-20-12-14-31(17-20)25-10-5-8-22-16-29-23(15-24(22)25)18-30(2)26-11-4-7-21-9-6-13-28-27(21)26/h5-6,8-10,13,20,23,26,29H,3-4,7,11-12,14-19H2,1-2H3/t20-,23+,26-/m0/s1. The van der Waals surface area contributed by atoms with Crippen molar-refractivity contribution in [3.05, 3.63) is 58.9 Å². The molecule has 172 valence electrons. The van der Waals surface area contributed by atoms with E-state index in [0.29, 0.717) is 18.0 Å². The molecule has 0 unspecified atom stereocenters. The highest BCUT2D eigenvalue weighted by Crippen LogP contribution is 2.34. The fourth-order valence-electron chi connectivity index (χ4n) is 5.98. The van der Waals surface area contributed by atoms with Crippen molar-refractivity contribution in [3.63, 3.8) is 0 Å². The summed E-state index contributed by atoms with van der Waals surface area (Å²) >= 11 is 0. The van der Waals surface area contributed by atoms with Crippen LogP contribution in [0, 0.1) is 5.92 Å². The number of nitrogens with zero attached hydrogens (tertiary/aromatic N) is 3. The molecule has 5 nitrogen and oxygen atoms in total. The number of benzene rings is 1. The largest absolute Gasteiger partial charge is 0.381 e. The van der Waals surface area contributed by atoms with Gasteiger partial charge in [0.1, 0.15) is 0 Å². The van der Waals surface area contributed by atoms with Gasteiger partial charge in [0.2, 0.25) is 0 Å². The number of aromatic nitrogens is 1. The molecule has 1 aromatic heterocycles. The zero-order valence-electron chi connectivity index (χ0n) is 19.7. The highest BCUT2D eigenvalue weighted by atomic mass is 16.5. The van der Waals surface area contributed by atoms with E-state index in [4.69, 9.17) is 9.72 Å². The first kappa shape index (κ1) is 21.9. The summed E-state index contributed by atoms with van der Waals surface area (Å²) in [4.78, 5) is 9.92. The van der Waals surface area contributed by atoms with Crippen molar-refractivity contribution in [2.75, 3.05) is 44.8 Å². The Balaban J connectivity index is 1.27. The molecular formula is C27H38N4O. The van der Waals surface area contributed by atoms with Crippen LogP contribution in [0.1, 0.15) is 54.6 Å². The third-order valence-electron chi connectivity index (χ3n) is 7.67. The van der Waals surface area contributed by atoms with Gasteiger partial charge < -0.3 is 15.0 Å². The Morgan fingerprint density at radius 3 is 3.00 bits per heavy atom. The summed E-state index contributed by atoms with van der Waals surface area (Å²) in [7, 11) is 2.29. The predicted octanol–water partition coefficient (Wildman–Crippen LogP) is 3.97. The lowest BCUT2D eigenvalue weighted by molar-refractivity contribution is 0.117. The van der Waals surface area contributed by atoms with E-state index in [1.54, 1.807) is 5.56 Å². The summed E-state index contributed by atoms with van der Waals surface area (Å²) in [6.07, 6.45) is 7.94. The number of pyridine rings is 1. The van der Waals surface area contributed by atoms with Gasteiger partial charge in [-0.25, -0.2) is 0 Å². The smallest absolute Gasteiger partial charge is 0.0607 e. The highest BCUT2D eigenvalue weighted by molar-refractivity contribution is 5.58. The van der Waals surface area contributed by atoms with Gasteiger partial charge in [-0.2, -0.15) is 0 Å². The average molecular weight is 435 g/mol. The first-order valence-corrected chi connectivity index (χ1v) is 12.5. The molecule has 2 aromatic rings. The summed E-state index contributed by atoms with van der Waals surface area (Å²) in [6, 6.07) is 12.2. The molecule has 0 saturated carbocycles. The van der Waals surface area contributed by atoms with Crippen molar-refractivity contribution in [3.8, 4) is 0 Å². The molecule has 3 atom stereocenters. The second-order valence-corrected chi connectivity index (χ2v) is 9.85. The molecule has 0 spiro atoms. The van der Waals surface area contributed by atoms with Gasteiger partial charge in [0.15, 0.2) is 0 Å². The van der Waals surface area contributed by atoms with Crippen LogP contribution in [0.5, 0.6) is 0 Å². The molecule has 32 heavy (non-hydrogen) atoms. The molecule has 1 N–H and O–H groups in total. The Bertz CT molecular complexity index is 916. The fourth-order valence-corrected chi connectivity index (χ4v) is 5.98. The van der Waals surface area contributed by atoms with Crippen LogP contribution in [0.3, 0.4) is 0 Å². The Hall–Kier alpha value is -1.95. The molecule has 2 aliphatic heterocycles. The minimum Gasteiger partial charge on any atom is -0.381 e. The van der Waals surface area contributed by atoms with E-state index in [0.717, 1.165) is 45.8 Å². The summed E-state index contributed by atoms with van der Waals surface area (Å²) in [5.74, 6) is 0.660. The minimum absolute atomic E-state index is 0.441. The first-order chi connectivity index (χ1) is 15.7. The molecule has 1 aliphatic carbocycles. The second kappa shape index (κ2) is 9.90. The van der Waals surface area contributed by atoms with Crippen LogP contribution in [0.2, 0.25) is 0 Å². The lowest BCUT2D eigenvalue weighted by Gasteiger charge is -2.37. The van der Waals surface area contributed by atoms with E-state index in [2.05, 4.69) is 59.4 Å². The van der Waals surface area contributed by atoms with Crippen molar-refractivity contribution < 1.29 is 4.74 Å². The molecule has 5 heteroatoms. The van der Waals surface area contributed by atoms with Crippen LogP contribution in [0.15, 0.2) is 36.5 Å². The number of ether oxygens (including phenoxy) is 1. The van der Waals surface area contributed by atoms with Gasteiger partial charge >= 0.3 is 0 Å². The van der Waals surface area contributed by atoms with Gasteiger partial charge in [-0.1, -0.05) is 18.2 Å². The monoisotopic (exact) mass is 434 g/mol. The number of hydrogen-bond acceptors (Lipinski definition) is 5. The van der Waals surface area contributed by atoms with Gasteiger partial charge in [0.25, 0.3) is 0 Å². The van der Waals surface area contributed by atoms with Crippen molar-refractivity contribution in [1.82, 2.24) is 15.2 Å². The molecule has 1 fully saturated rings. The predicted molar refractivity (Wildman–Crippen MR) is 130 cm³/mol. The zero-order valence-corrected chi connectivity index (χ0v) is 19.7. The average Bonchev–Trinajstić information content (AvgIpc) is 3.30. The van der Waals surface area contributed by atoms with E-state index in [-0.39, 0.29) is 0 Å². The third-order valence-corrected chi connectivity index (χ3v) is 7.67. The van der Waals surface area contributed by atoms with E-state index in [1.807, 2.05) is 6.20 Å². The van der Waals surface area contributed by atoms with Gasteiger partial charge in [0.05, 0.1) is 18.3 Å². The molecule has 0 radical (unpaired) electrons. The Labute approximate surface area is 193 Å². The molecule has 3 aliphatic rings. The highest BCUT2D eigenvalue weighted by Gasteiger charge is 2.30. The van der Waals surface area contributed by atoms with Gasteiger partial charge in [-0.05, 0) is 74.9 Å². The number of rotatable bonds is 7. The van der Waals surface area contributed by atoms with Crippen molar-refractivity contribution >= 4 is 5.69 Å². The molecule has 1 aromatic carbocycles.